The molecule has 1 saturated heterocycles. The monoisotopic (exact) mass is 440 g/mol. The van der Waals surface area contributed by atoms with E-state index in [1.807, 2.05) is 0 Å². The van der Waals surface area contributed by atoms with Gasteiger partial charge in [0.15, 0.2) is 10.9 Å². The van der Waals surface area contributed by atoms with E-state index in [4.69, 9.17) is 11.6 Å². The molecule has 28 heavy (non-hydrogen) atoms. The lowest BCUT2D eigenvalue weighted by atomic mass is 10.2. The lowest BCUT2D eigenvalue weighted by molar-refractivity contribution is 0.102. The number of carbonyl (C=O) groups excluding carboxylic acids is 1. The Morgan fingerprint density at radius 2 is 1.79 bits per heavy atom. The molecule has 0 bridgehead atoms. The lowest BCUT2D eigenvalue weighted by Crippen LogP contribution is -2.31. The predicted octanol–water partition coefficient (Wildman–Crippen LogP) is 3.67. The van der Waals surface area contributed by atoms with Crippen LogP contribution in [-0.4, -0.2) is 47.9 Å². The minimum atomic E-state index is -3.52. The van der Waals surface area contributed by atoms with Gasteiger partial charge in [-0.25, -0.2) is 18.4 Å². The second-order valence-electron chi connectivity index (χ2n) is 6.35. The molecule has 1 aromatic carbocycles. The number of sulfonamides is 1. The van der Waals surface area contributed by atoms with Crippen LogP contribution in [0.1, 0.15) is 36.2 Å². The Balaban J connectivity index is 1.75. The summed E-state index contributed by atoms with van der Waals surface area (Å²) in [7, 11) is -3.52. The highest BCUT2D eigenvalue weighted by Gasteiger charge is 2.25. The van der Waals surface area contributed by atoms with Gasteiger partial charge in [-0.05, 0) is 43.4 Å². The summed E-state index contributed by atoms with van der Waals surface area (Å²) in [5.41, 5.74) is 0.530. The Kier molecular flexibility index (Phi) is 6.92. The number of hydrogen-bond acceptors (Lipinski definition) is 6. The van der Waals surface area contributed by atoms with Crippen LogP contribution >= 0.6 is 23.4 Å². The largest absolute Gasteiger partial charge is 0.321 e. The normalized spacial score (nSPS) is 15.8. The fraction of sp³-hybridized carbons (Fsp3) is 0.389. The number of thioether (sulfide) groups is 1. The van der Waals surface area contributed by atoms with Gasteiger partial charge in [0.25, 0.3) is 5.91 Å². The van der Waals surface area contributed by atoms with E-state index in [0.717, 1.165) is 25.7 Å². The third kappa shape index (κ3) is 4.83. The number of carbonyl (C=O) groups is 1. The van der Waals surface area contributed by atoms with E-state index in [1.165, 1.54) is 34.4 Å². The molecule has 0 aliphatic carbocycles. The second kappa shape index (κ2) is 9.21. The maximum atomic E-state index is 12.8. The first-order valence-electron chi connectivity index (χ1n) is 8.90. The molecular weight excluding hydrogens is 420 g/mol. The second-order valence-corrected chi connectivity index (χ2v) is 9.47. The van der Waals surface area contributed by atoms with Crippen LogP contribution in [0, 0.1) is 0 Å². The van der Waals surface area contributed by atoms with E-state index in [2.05, 4.69) is 15.3 Å². The maximum absolute atomic E-state index is 12.8. The van der Waals surface area contributed by atoms with Crippen LogP contribution in [0.15, 0.2) is 40.5 Å². The van der Waals surface area contributed by atoms with Gasteiger partial charge in [-0.15, -0.1) is 0 Å². The Morgan fingerprint density at radius 1 is 1.14 bits per heavy atom. The first-order valence-corrected chi connectivity index (χ1v) is 11.9. The van der Waals surface area contributed by atoms with Gasteiger partial charge < -0.3 is 5.32 Å². The topological polar surface area (TPSA) is 92.3 Å². The van der Waals surface area contributed by atoms with Gasteiger partial charge in [0.2, 0.25) is 10.0 Å². The molecule has 10 heteroatoms. The zero-order valence-corrected chi connectivity index (χ0v) is 17.8. The minimum Gasteiger partial charge on any atom is -0.321 e. The van der Waals surface area contributed by atoms with Crippen LogP contribution in [0.5, 0.6) is 0 Å². The van der Waals surface area contributed by atoms with Crippen molar-refractivity contribution in [3.63, 3.8) is 0 Å². The Labute approximate surface area is 173 Å². The summed E-state index contributed by atoms with van der Waals surface area (Å²) in [6.45, 7) is 1.09. The lowest BCUT2D eigenvalue weighted by Gasteiger charge is -2.20. The number of nitrogens with one attached hydrogen (secondary N) is 1. The van der Waals surface area contributed by atoms with Gasteiger partial charge >= 0.3 is 0 Å². The first kappa shape index (κ1) is 21.0. The first-order chi connectivity index (χ1) is 13.4. The fourth-order valence-electron chi connectivity index (χ4n) is 2.94. The molecule has 0 atom stereocenters. The van der Waals surface area contributed by atoms with Gasteiger partial charge in [-0.1, -0.05) is 36.2 Å². The molecule has 1 aliphatic heterocycles. The third-order valence-electron chi connectivity index (χ3n) is 4.43. The Hall–Kier alpha value is -1.68. The molecule has 2 aromatic rings. The number of amides is 1. The number of rotatable bonds is 5. The van der Waals surface area contributed by atoms with Crippen molar-refractivity contribution in [3.05, 3.63) is 41.2 Å². The summed E-state index contributed by atoms with van der Waals surface area (Å²) < 4.78 is 27.2. The fourth-order valence-corrected chi connectivity index (χ4v) is 4.97. The summed E-state index contributed by atoms with van der Waals surface area (Å²) in [6, 6.07) is 6.13. The zero-order valence-electron chi connectivity index (χ0n) is 15.4. The minimum absolute atomic E-state index is 0.0716. The number of halogens is 1. The third-order valence-corrected chi connectivity index (χ3v) is 7.19. The number of nitrogens with zero attached hydrogens (tertiary/aromatic N) is 3. The van der Waals surface area contributed by atoms with Crippen molar-refractivity contribution >= 4 is 45.0 Å². The van der Waals surface area contributed by atoms with Crippen molar-refractivity contribution in [2.24, 2.45) is 0 Å². The van der Waals surface area contributed by atoms with Crippen LogP contribution < -0.4 is 5.32 Å². The van der Waals surface area contributed by atoms with E-state index in [9.17, 15) is 13.2 Å². The molecule has 0 saturated carbocycles. The quantitative estimate of drug-likeness (QED) is 0.563. The van der Waals surface area contributed by atoms with Crippen molar-refractivity contribution < 1.29 is 13.2 Å². The number of aromatic nitrogens is 2. The van der Waals surface area contributed by atoms with Gasteiger partial charge in [-0.3, -0.25) is 4.79 Å². The smallest absolute Gasteiger partial charge is 0.275 e. The average Bonchev–Trinajstić information content (AvgIpc) is 2.99. The van der Waals surface area contributed by atoms with Crippen LogP contribution in [0.25, 0.3) is 0 Å². The maximum Gasteiger partial charge on any atom is 0.275 e. The zero-order chi connectivity index (χ0) is 20.1. The van der Waals surface area contributed by atoms with E-state index < -0.39 is 15.9 Å². The molecule has 1 amide bonds. The van der Waals surface area contributed by atoms with Gasteiger partial charge in [0.1, 0.15) is 0 Å². The van der Waals surface area contributed by atoms with E-state index in [1.54, 1.807) is 18.4 Å². The van der Waals surface area contributed by atoms with E-state index >= 15 is 0 Å². The molecule has 1 fully saturated rings. The summed E-state index contributed by atoms with van der Waals surface area (Å²) in [4.78, 5) is 20.8. The molecule has 7 nitrogen and oxygen atoms in total. The van der Waals surface area contributed by atoms with Crippen LogP contribution in [-0.2, 0) is 10.0 Å². The van der Waals surface area contributed by atoms with Crippen molar-refractivity contribution in [2.45, 2.75) is 35.7 Å². The van der Waals surface area contributed by atoms with Gasteiger partial charge in [0, 0.05) is 18.8 Å². The molecule has 0 unspecified atom stereocenters. The average molecular weight is 441 g/mol. The van der Waals surface area contributed by atoms with Crippen LogP contribution in [0.4, 0.5) is 5.69 Å². The van der Waals surface area contributed by atoms with E-state index in [0.29, 0.717) is 23.9 Å². The highest BCUT2D eigenvalue weighted by molar-refractivity contribution is 7.98. The van der Waals surface area contributed by atoms with Gasteiger partial charge in [-0.2, -0.15) is 4.31 Å². The van der Waals surface area contributed by atoms with Crippen LogP contribution in [0.3, 0.4) is 0 Å². The summed E-state index contributed by atoms with van der Waals surface area (Å²) in [5, 5.41) is 3.27. The number of benzene rings is 1. The van der Waals surface area contributed by atoms with Crippen LogP contribution in [0.2, 0.25) is 5.02 Å². The highest BCUT2D eigenvalue weighted by Crippen LogP contribution is 2.23. The van der Waals surface area contributed by atoms with Gasteiger partial charge in [0.05, 0.1) is 16.1 Å². The predicted molar refractivity (Wildman–Crippen MR) is 110 cm³/mol. The molecule has 2 heterocycles. The Bertz CT molecular complexity index is 944. The molecule has 1 aromatic heterocycles. The van der Waals surface area contributed by atoms with Crippen molar-refractivity contribution in [1.82, 2.24) is 14.3 Å². The van der Waals surface area contributed by atoms with E-state index in [-0.39, 0.29) is 15.6 Å². The number of hydrogen-bond donors (Lipinski definition) is 1. The SMILES string of the molecule is CSc1ncc(Cl)c(C(=O)Nc2ccc(S(=O)(=O)N3CCCCCC3)cc2)n1. The molecular formula is C18H21ClN4O3S2. The molecule has 1 aliphatic rings. The highest BCUT2D eigenvalue weighted by atomic mass is 35.5. The van der Waals surface area contributed by atoms with Crippen molar-refractivity contribution in [1.29, 1.82) is 0 Å². The molecule has 0 spiro atoms. The van der Waals surface area contributed by atoms with Crippen molar-refractivity contribution in [3.8, 4) is 0 Å². The standard InChI is InChI=1S/C18H21ClN4O3S2/c1-27-18-20-12-15(19)16(22-18)17(24)21-13-6-8-14(9-7-13)28(25,26)23-10-4-2-3-5-11-23/h6-9,12H,2-5,10-11H2,1H3,(H,21,24). The Morgan fingerprint density at radius 3 is 2.39 bits per heavy atom. The number of anilines is 1. The molecule has 3 rings (SSSR count). The summed E-state index contributed by atoms with van der Waals surface area (Å²) in [6.07, 6.45) is 7.05. The molecule has 1 N–H and O–H groups in total. The molecule has 0 radical (unpaired) electrons. The summed E-state index contributed by atoms with van der Waals surface area (Å²) >= 11 is 7.32. The molecule has 150 valence electrons. The van der Waals surface area contributed by atoms with Crippen molar-refractivity contribution in [2.75, 3.05) is 24.7 Å². The summed E-state index contributed by atoms with van der Waals surface area (Å²) in [5.74, 6) is -0.481.